The molecule has 0 aliphatic heterocycles. The molecule has 0 radical (unpaired) electrons. The van der Waals surface area contributed by atoms with Gasteiger partial charge < -0.3 is 10.1 Å². The fraction of sp³-hybridized carbons (Fsp3) is 0.190. The van der Waals surface area contributed by atoms with Crippen molar-refractivity contribution in [2.75, 3.05) is 6.54 Å². The van der Waals surface area contributed by atoms with E-state index in [4.69, 9.17) is 4.74 Å². The predicted octanol–water partition coefficient (Wildman–Crippen LogP) is 3.06. The quantitative estimate of drug-likeness (QED) is 0.518. The molecule has 29 heavy (non-hydrogen) atoms. The fourth-order valence-corrected chi connectivity index (χ4v) is 4.55. The van der Waals surface area contributed by atoms with E-state index in [0.717, 1.165) is 28.0 Å². The molecule has 0 bridgehead atoms. The van der Waals surface area contributed by atoms with E-state index in [1.165, 1.54) is 6.07 Å². The summed E-state index contributed by atoms with van der Waals surface area (Å²) in [5.41, 5.74) is 3.09. The van der Waals surface area contributed by atoms with E-state index in [1.54, 1.807) is 11.4 Å². The van der Waals surface area contributed by atoms with E-state index in [1.807, 2.05) is 54.6 Å². The largest absolute Gasteiger partial charge is 0.372 e. The number of ether oxygens (including phenoxy) is 1. The second-order valence-corrected chi connectivity index (χ2v) is 9.27. The third-order valence-electron chi connectivity index (χ3n) is 4.08. The Balaban J connectivity index is 1.38. The molecule has 2 aromatic carbocycles. The van der Waals surface area contributed by atoms with Crippen LogP contribution in [0.5, 0.6) is 0 Å². The van der Waals surface area contributed by atoms with E-state index in [0.29, 0.717) is 19.8 Å². The van der Waals surface area contributed by atoms with Gasteiger partial charge in [0.15, 0.2) is 0 Å². The van der Waals surface area contributed by atoms with Crippen LogP contribution in [0.4, 0.5) is 0 Å². The number of hydrogen-bond donors (Lipinski definition) is 2. The summed E-state index contributed by atoms with van der Waals surface area (Å²) in [6.07, 6.45) is 0. The summed E-state index contributed by atoms with van der Waals surface area (Å²) in [4.78, 5) is 11.9. The Hall–Kier alpha value is -2.52. The SMILES string of the molecule is O=C(CNS(=O)(=O)c1cccs1)NCc1ccc(COCc2ccccc2)cc1. The van der Waals surface area contributed by atoms with Crippen LogP contribution in [0.3, 0.4) is 0 Å². The van der Waals surface area contributed by atoms with Crippen LogP contribution >= 0.6 is 11.3 Å². The van der Waals surface area contributed by atoms with E-state index < -0.39 is 10.0 Å². The average Bonchev–Trinajstić information content (AvgIpc) is 3.29. The minimum absolute atomic E-state index is 0.190. The van der Waals surface area contributed by atoms with Crippen LogP contribution in [0.25, 0.3) is 0 Å². The molecule has 0 fully saturated rings. The van der Waals surface area contributed by atoms with E-state index in [-0.39, 0.29) is 16.7 Å². The number of hydrogen-bond acceptors (Lipinski definition) is 5. The van der Waals surface area contributed by atoms with Crippen LogP contribution in [-0.4, -0.2) is 20.9 Å². The molecule has 1 heterocycles. The van der Waals surface area contributed by atoms with Crippen LogP contribution in [-0.2, 0) is 39.3 Å². The van der Waals surface area contributed by atoms with Gasteiger partial charge in [0.05, 0.1) is 19.8 Å². The first-order valence-electron chi connectivity index (χ1n) is 9.02. The molecule has 3 rings (SSSR count). The summed E-state index contributed by atoms with van der Waals surface area (Å²) in [5.74, 6) is -0.389. The van der Waals surface area contributed by atoms with Crippen molar-refractivity contribution in [1.29, 1.82) is 0 Å². The van der Waals surface area contributed by atoms with Gasteiger partial charge in [0.1, 0.15) is 4.21 Å². The molecule has 3 aromatic rings. The molecule has 0 aliphatic carbocycles. The molecule has 152 valence electrons. The predicted molar refractivity (Wildman–Crippen MR) is 113 cm³/mol. The number of amides is 1. The van der Waals surface area contributed by atoms with Gasteiger partial charge in [0.25, 0.3) is 10.0 Å². The number of benzene rings is 2. The molecular weight excluding hydrogens is 408 g/mol. The van der Waals surface area contributed by atoms with Crippen LogP contribution < -0.4 is 10.0 Å². The first kappa shape index (κ1) is 21.2. The van der Waals surface area contributed by atoms with Crippen molar-refractivity contribution in [2.45, 2.75) is 24.0 Å². The van der Waals surface area contributed by atoms with Gasteiger partial charge in [-0.05, 0) is 28.1 Å². The molecule has 0 atom stereocenters. The highest BCUT2D eigenvalue weighted by Crippen LogP contribution is 2.14. The number of nitrogens with one attached hydrogen (secondary N) is 2. The van der Waals surface area contributed by atoms with Crippen molar-refractivity contribution in [3.8, 4) is 0 Å². The maximum absolute atomic E-state index is 12.0. The topological polar surface area (TPSA) is 84.5 Å². The van der Waals surface area contributed by atoms with Crippen LogP contribution in [0.2, 0.25) is 0 Å². The zero-order valence-corrected chi connectivity index (χ0v) is 17.3. The standard InChI is InChI=1S/C21H22N2O4S2/c24-20(14-23-29(25,26)21-7-4-12-28-21)22-13-17-8-10-19(11-9-17)16-27-15-18-5-2-1-3-6-18/h1-12,23H,13-16H2,(H,22,24). The Morgan fingerprint density at radius 3 is 2.17 bits per heavy atom. The molecule has 0 aliphatic rings. The van der Waals surface area contributed by atoms with Crippen molar-refractivity contribution in [3.05, 3.63) is 88.8 Å². The summed E-state index contributed by atoms with van der Waals surface area (Å²) in [6.45, 7) is 1.09. The lowest BCUT2D eigenvalue weighted by atomic mass is 10.1. The normalized spacial score (nSPS) is 11.3. The lowest BCUT2D eigenvalue weighted by Gasteiger charge is -2.08. The second kappa shape index (κ2) is 10.3. The summed E-state index contributed by atoms with van der Waals surface area (Å²) in [7, 11) is -3.64. The monoisotopic (exact) mass is 430 g/mol. The van der Waals surface area contributed by atoms with Gasteiger partial charge in [-0.1, -0.05) is 60.7 Å². The summed E-state index contributed by atoms with van der Waals surface area (Å²) in [5, 5.41) is 4.38. The molecule has 0 saturated carbocycles. The molecule has 1 amide bonds. The van der Waals surface area contributed by atoms with Gasteiger partial charge in [0, 0.05) is 6.54 Å². The molecule has 0 unspecified atom stereocenters. The van der Waals surface area contributed by atoms with Crippen molar-refractivity contribution in [2.24, 2.45) is 0 Å². The second-order valence-electron chi connectivity index (χ2n) is 6.33. The lowest BCUT2D eigenvalue weighted by molar-refractivity contribution is -0.120. The Labute approximate surface area is 174 Å². The highest BCUT2D eigenvalue weighted by Gasteiger charge is 2.16. The molecular formula is C21H22N2O4S2. The van der Waals surface area contributed by atoms with Crippen molar-refractivity contribution in [3.63, 3.8) is 0 Å². The molecule has 0 spiro atoms. The van der Waals surface area contributed by atoms with Crippen molar-refractivity contribution >= 4 is 27.3 Å². The molecule has 2 N–H and O–H groups in total. The highest BCUT2D eigenvalue weighted by atomic mass is 32.2. The molecule has 8 heteroatoms. The van der Waals surface area contributed by atoms with Crippen LogP contribution in [0, 0.1) is 0 Å². The maximum Gasteiger partial charge on any atom is 0.250 e. The average molecular weight is 431 g/mol. The molecule has 6 nitrogen and oxygen atoms in total. The lowest BCUT2D eigenvalue weighted by Crippen LogP contribution is -2.36. The molecule has 0 saturated heterocycles. The minimum atomic E-state index is -3.64. The minimum Gasteiger partial charge on any atom is -0.372 e. The Morgan fingerprint density at radius 2 is 1.52 bits per heavy atom. The number of thiophene rings is 1. The van der Waals surface area contributed by atoms with Crippen LogP contribution in [0.1, 0.15) is 16.7 Å². The fourth-order valence-electron chi connectivity index (χ4n) is 2.53. The third-order valence-corrected chi connectivity index (χ3v) is 6.87. The van der Waals surface area contributed by atoms with Gasteiger partial charge >= 0.3 is 0 Å². The zero-order valence-electron chi connectivity index (χ0n) is 15.7. The summed E-state index contributed by atoms with van der Waals surface area (Å²) in [6, 6.07) is 20.8. The van der Waals surface area contributed by atoms with E-state index in [2.05, 4.69) is 10.0 Å². The van der Waals surface area contributed by atoms with E-state index >= 15 is 0 Å². The number of rotatable bonds is 10. The number of carbonyl (C=O) groups is 1. The van der Waals surface area contributed by atoms with Gasteiger partial charge in [0.2, 0.25) is 5.91 Å². The number of sulfonamides is 1. The van der Waals surface area contributed by atoms with Gasteiger partial charge in [-0.2, -0.15) is 0 Å². The maximum atomic E-state index is 12.0. The first-order chi connectivity index (χ1) is 14.0. The summed E-state index contributed by atoms with van der Waals surface area (Å²) >= 11 is 1.10. The first-order valence-corrected chi connectivity index (χ1v) is 11.4. The van der Waals surface area contributed by atoms with E-state index in [9.17, 15) is 13.2 Å². The zero-order chi connectivity index (χ0) is 20.5. The van der Waals surface area contributed by atoms with Crippen molar-refractivity contribution < 1.29 is 17.9 Å². The van der Waals surface area contributed by atoms with Gasteiger partial charge in [-0.3, -0.25) is 4.79 Å². The Bertz CT molecular complexity index is 1000. The summed E-state index contributed by atoms with van der Waals surface area (Å²) < 4.78 is 32.2. The number of carbonyl (C=O) groups excluding carboxylic acids is 1. The highest BCUT2D eigenvalue weighted by molar-refractivity contribution is 7.91. The van der Waals surface area contributed by atoms with Gasteiger partial charge in [-0.15, -0.1) is 11.3 Å². The molecule has 1 aromatic heterocycles. The van der Waals surface area contributed by atoms with Gasteiger partial charge in [-0.25, -0.2) is 13.1 Å². The Morgan fingerprint density at radius 1 is 0.862 bits per heavy atom. The Kier molecular flexibility index (Phi) is 7.54. The van der Waals surface area contributed by atoms with Crippen LogP contribution in [0.15, 0.2) is 76.3 Å². The smallest absolute Gasteiger partial charge is 0.250 e. The van der Waals surface area contributed by atoms with Crippen molar-refractivity contribution in [1.82, 2.24) is 10.0 Å². The third kappa shape index (κ3) is 6.79.